The van der Waals surface area contributed by atoms with Crippen LogP contribution < -0.4 is 10.1 Å². The molecule has 1 saturated heterocycles. The number of anilines is 2. The molecule has 1 aromatic carbocycles. The summed E-state index contributed by atoms with van der Waals surface area (Å²) in [5, 5.41) is 3.21. The number of ether oxygens (including phenoxy) is 1. The van der Waals surface area contributed by atoms with E-state index in [2.05, 4.69) is 27.2 Å². The first-order chi connectivity index (χ1) is 12.2. The lowest BCUT2D eigenvalue weighted by atomic mass is 10.2. The summed E-state index contributed by atoms with van der Waals surface area (Å²) in [4.78, 5) is 25.1. The molecule has 0 atom stereocenters. The molecule has 2 heterocycles. The fourth-order valence-electron chi connectivity index (χ4n) is 2.70. The number of nitrogens with zero attached hydrogens (tertiary/aromatic N) is 4. The third kappa shape index (κ3) is 4.24. The second-order valence-electron chi connectivity index (χ2n) is 5.94. The number of rotatable bonds is 5. The summed E-state index contributed by atoms with van der Waals surface area (Å²) in [6.07, 6.45) is 1.41. The molecular formula is C18H23N5O2. The average Bonchev–Trinajstić information content (AvgIpc) is 2.64. The maximum Gasteiger partial charge on any atom is 0.272 e. The maximum atomic E-state index is 12.6. The number of nitrogens with one attached hydrogen (secondary N) is 1. The zero-order chi connectivity index (χ0) is 17.6. The van der Waals surface area contributed by atoms with E-state index in [4.69, 9.17) is 4.74 Å². The summed E-state index contributed by atoms with van der Waals surface area (Å²) in [6, 6.07) is 9.32. The van der Waals surface area contributed by atoms with Crippen molar-refractivity contribution in [2.75, 3.05) is 45.2 Å². The molecular weight excluding hydrogens is 318 g/mol. The number of likely N-dealkylation sites (N-methyl/N-ethyl adjacent to an activating group) is 1. The molecule has 0 saturated carbocycles. The van der Waals surface area contributed by atoms with Crippen molar-refractivity contribution in [3.63, 3.8) is 0 Å². The molecule has 0 spiro atoms. The molecule has 0 radical (unpaired) electrons. The van der Waals surface area contributed by atoms with Gasteiger partial charge >= 0.3 is 0 Å². The summed E-state index contributed by atoms with van der Waals surface area (Å²) >= 11 is 0. The highest BCUT2D eigenvalue weighted by molar-refractivity contribution is 5.93. The van der Waals surface area contributed by atoms with Crippen molar-refractivity contribution in [2.24, 2.45) is 0 Å². The van der Waals surface area contributed by atoms with E-state index in [1.807, 2.05) is 36.1 Å². The minimum Gasteiger partial charge on any atom is -0.492 e. The van der Waals surface area contributed by atoms with Crippen LogP contribution >= 0.6 is 0 Å². The zero-order valence-corrected chi connectivity index (χ0v) is 14.6. The minimum atomic E-state index is -0.0587. The fraction of sp³-hybridized carbons (Fsp3) is 0.389. The Bertz CT molecular complexity index is 729. The largest absolute Gasteiger partial charge is 0.492 e. The second-order valence-corrected chi connectivity index (χ2v) is 5.94. The molecule has 0 unspecified atom stereocenters. The first-order valence-electron chi connectivity index (χ1n) is 8.46. The monoisotopic (exact) mass is 341 g/mol. The average molecular weight is 341 g/mol. The molecule has 25 heavy (non-hydrogen) atoms. The van der Waals surface area contributed by atoms with Gasteiger partial charge in [-0.25, -0.2) is 9.97 Å². The Morgan fingerprint density at radius 3 is 2.72 bits per heavy atom. The van der Waals surface area contributed by atoms with Gasteiger partial charge in [-0.15, -0.1) is 0 Å². The molecule has 7 nitrogen and oxygen atoms in total. The van der Waals surface area contributed by atoms with E-state index < -0.39 is 0 Å². The van der Waals surface area contributed by atoms with Gasteiger partial charge in [0, 0.05) is 32.2 Å². The van der Waals surface area contributed by atoms with Gasteiger partial charge in [-0.2, -0.15) is 0 Å². The van der Waals surface area contributed by atoms with Gasteiger partial charge in [-0.1, -0.05) is 12.1 Å². The molecule has 3 rings (SSSR count). The third-order valence-electron chi connectivity index (χ3n) is 4.13. The Hall–Kier alpha value is -2.67. The number of para-hydroxylation sites is 2. The van der Waals surface area contributed by atoms with Gasteiger partial charge in [0.15, 0.2) is 0 Å². The van der Waals surface area contributed by atoms with Gasteiger partial charge in [0.2, 0.25) is 0 Å². The molecule has 2 aromatic rings. The number of aromatic nitrogens is 2. The van der Waals surface area contributed by atoms with E-state index in [9.17, 15) is 4.79 Å². The topological polar surface area (TPSA) is 70.6 Å². The lowest BCUT2D eigenvalue weighted by Crippen LogP contribution is -2.47. The van der Waals surface area contributed by atoms with E-state index in [0.717, 1.165) is 37.6 Å². The van der Waals surface area contributed by atoms with Gasteiger partial charge < -0.3 is 19.9 Å². The van der Waals surface area contributed by atoms with E-state index >= 15 is 0 Å². The number of piperazine rings is 1. The van der Waals surface area contributed by atoms with E-state index in [1.54, 1.807) is 6.07 Å². The SMILES string of the molecule is CCOc1ccccc1Nc1cc(C(=O)N2CCN(C)CC2)ncn1. The summed E-state index contributed by atoms with van der Waals surface area (Å²) in [7, 11) is 2.06. The van der Waals surface area contributed by atoms with Crippen LogP contribution in [0.2, 0.25) is 0 Å². The number of amides is 1. The molecule has 1 aliphatic rings. The van der Waals surface area contributed by atoms with E-state index in [-0.39, 0.29) is 5.91 Å². The number of hydrogen-bond acceptors (Lipinski definition) is 6. The van der Waals surface area contributed by atoms with Crippen LogP contribution in [-0.2, 0) is 0 Å². The molecule has 132 valence electrons. The Kier molecular flexibility index (Phi) is 5.45. The zero-order valence-electron chi connectivity index (χ0n) is 14.6. The molecule has 0 aliphatic carbocycles. The van der Waals surface area contributed by atoms with Crippen LogP contribution in [0.1, 0.15) is 17.4 Å². The Labute approximate surface area is 147 Å². The van der Waals surface area contributed by atoms with Gasteiger partial charge in [0.1, 0.15) is 23.6 Å². The number of carbonyl (C=O) groups excluding carboxylic acids is 1. The van der Waals surface area contributed by atoms with Crippen molar-refractivity contribution < 1.29 is 9.53 Å². The number of benzene rings is 1. The highest BCUT2D eigenvalue weighted by Gasteiger charge is 2.21. The molecule has 1 amide bonds. The third-order valence-corrected chi connectivity index (χ3v) is 4.13. The van der Waals surface area contributed by atoms with Crippen molar-refractivity contribution in [2.45, 2.75) is 6.92 Å². The van der Waals surface area contributed by atoms with Crippen molar-refractivity contribution in [3.05, 3.63) is 42.4 Å². The van der Waals surface area contributed by atoms with Crippen LogP contribution in [0.25, 0.3) is 0 Å². The Balaban J connectivity index is 1.74. The molecule has 7 heteroatoms. The van der Waals surface area contributed by atoms with Crippen LogP contribution in [0.3, 0.4) is 0 Å². The first kappa shape index (κ1) is 17.2. The second kappa shape index (κ2) is 7.94. The van der Waals surface area contributed by atoms with Crippen molar-refractivity contribution in [3.8, 4) is 5.75 Å². The van der Waals surface area contributed by atoms with Crippen LogP contribution in [0.5, 0.6) is 5.75 Å². The summed E-state index contributed by atoms with van der Waals surface area (Å²) in [5.41, 5.74) is 1.21. The molecule has 0 bridgehead atoms. The van der Waals surface area contributed by atoms with E-state index in [1.165, 1.54) is 6.33 Å². The van der Waals surface area contributed by atoms with Crippen LogP contribution in [0, 0.1) is 0 Å². The lowest BCUT2D eigenvalue weighted by molar-refractivity contribution is 0.0658. The smallest absolute Gasteiger partial charge is 0.272 e. The minimum absolute atomic E-state index is 0.0587. The standard InChI is InChI=1S/C18H23N5O2/c1-3-25-16-7-5-4-6-14(16)21-17-12-15(19-13-20-17)18(24)23-10-8-22(2)9-11-23/h4-7,12-13H,3,8-11H2,1-2H3,(H,19,20,21). The van der Waals surface area contributed by atoms with E-state index in [0.29, 0.717) is 18.1 Å². The molecule has 1 aliphatic heterocycles. The van der Waals surface area contributed by atoms with Crippen LogP contribution in [-0.4, -0.2) is 65.5 Å². The Morgan fingerprint density at radius 2 is 1.96 bits per heavy atom. The van der Waals surface area contributed by atoms with Gasteiger partial charge in [0.05, 0.1) is 12.3 Å². The summed E-state index contributed by atoms with van der Waals surface area (Å²) in [6.45, 7) is 5.71. The molecule has 1 aromatic heterocycles. The van der Waals surface area contributed by atoms with Gasteiger partial charge in [-0.3, -0.25) is 4.79 Å². The normalized spacial score (nSPS) is 15.0. The quantitative estimate of drug-likeness (QED) is 0.897. The lowest BCUT2D eigenvalue weighted by Gasteiger charge is -2.32. The predicted octanol–water partition coefficient (Wildman–Crippen LogP) is 2.01. The van der Waals surface area contributed by atoms with Crippen molar-refractivity contribution in [1.82, 2.24) is 19.8 Å². The number of carbonyl (C=O) groups is 1. The fourth-order valence-corrected chi connectivity index (χ4v) is 2.70. The molecule has 1 N–H and O–H groups in total. The highest BCUT2D eigenvalue weighted by Crippen LogP contribution is 2.26. The first-order valence-corrected chi connectivity index (χ1v) is 8.46. The molecule has 1 fully saturated rings. The van der Waals surface area contributed by atoms with Gasteiger partial charge in [0.25, 0.3) is 5.91 Å². The van der Waals surface area contributed by atoms with Crippen molar-refractivity contribution >= 4 is 17.4 Å². The van der Waals surface area contributed by atoms with Crippen LogP contribution in [0.15, 0.2) is 36.7 Å². The highest BCUT2D eigenvalue weighted by atomic mass is 16.5. The maximum absolute atomic E-state index is 12.6. The number of hydrogen-bond donors (Lipinski definition) is 1. The van der Waals surface area contributed by atoms with Crippen molar-refractivity contribution in [1.29, 1.82) is 0 Å². The Morgan fingerprint density at radius 1 is 1.20 bits per heavy atom. The van der Waals surface area contributed by atoms with Crippen LogP contribution in [0.4, 0.5) is 11.5 Å². The predicted molar refractivity (Wildman–Crippen MR) is 96.3 cm³/mol. The summed E-state index contributed by atoms with van der Waals surface area (Å²) in [5.74, 6) is 1.26. The van der Waals surface area contributed by atoms with Gasteiger partial charge in [-0.05, 0) is 26.1 Å². The summed E-state index contributed by atoms with van der Waals surface area (Å²) < 4.78 is 5.61.